The SMILES string of the molecule is Nc1oncc1-n1cccn1. The molecule has 11 heavy (non-hydrogen) atoms. The van der Waals surface area contributed by atoms with Crippen molar-refractivity contribution in [2.24, 2.45) is 0 Å². The second-order valence-electron chi connectivity index (χ2n) is 2.03. The second-order valence-corrected chi connectivity index (χ2v) is 2.03. The summed E-state index contributed by atoms with van der Waals surface area (Å²) < 4.78 is 6.24. The van der Waals surface area contributed by atoms with E-state index in [-0.39, 0.29) is 5.88 Å². The zero-order valence-electron chi connectivity index (χ0n) is 5.64. The van der Waals surface area contributed by atoms with Gasteiger partial charge in [-0.25, -0.2) is 4.68 Å². The molecule has 2 heterocycles. The Balaban J connectivity index is 2.53. The maximum Gasteiger partial charge on any atom is 0.248 e. The van der Waals surface area contributed by atoms with Crippen LogP contribution in [0.3, 0.4) is 0 Å². The topological polar surface area (TPSA) is 69.9 Å². The highest BCUT2D eigenvalue weighted by atomic mass is 16.5. The van der Waals surface area contributed by atoms with E-state index in [0.29, 0.717) is 5.69 Å². The van der Waals surface area contributed by atoms with Crippen LogP contribution in [0.25, 0.3) is 5.69 Å². The highest BCUT2D eigenvalue weighted by Gasteiger charge is 2.04. The molecular weight excluding hydrogens is 144 g/mol. The van der Waals surface area contributed by atoms with Gasteiger partial charge in [0.15, 0.2) is 0 Å². The molecule has 2 rings (SSSR count). The Morgan fingerprint density at radius 3 is 3.00 bits per heavy atom. The van der Waals surface area contributed by atoms with Crippen molar-refractivity contribution in [3.63, 3.8) is 0 Å². The molecule has 0 radical (unpaired) electrons. The van der Waals surface area contributed by atoms with Gasteiger partial charge in [0, 0.05) is 12.4 Å². The molecule has 0 bridgehead atoms. The van der Waals surface area contributed by atoms with Crippen LogP contribution in [0, 0.1) is 0 Å². The van der Waals surface area contributed by atoms with Gasteiger partial charge in [0.05, 0.1) is 6.20 Å². The molecule has 2 N–H and O–H groups in total. The molecule has 0 unspecified atom stereocenters. The molecule has 0 atom stereocenters. The molecule has 0 amide bonds. The van der Waals surface area contributed by atoms with Crippen molar-refractivity contribution in [2.45, 2.75) is 0 Å². The summed E-state index contributed by atoms with van der Waals surface area (Å²) in [6, 6.07) is 1.80. The first-order valence-corrected chi connectivity index (χ1v) is 3.08. The molecule has 2 aromatic rings. The van der Waals surface area contributed by atoms with Gasteiger partial charge >= 0.3 is 0 Å². The predicted octanol–water partition coefficient (Wildman–Crippen LogP) is 0.442. The summed E-state index contributed by atoms with van der Waals surface area (Å²) in [6.45, 7) is 0. The van der Waals surface area contributed by atoms with Gasteiger partial charge in [-0.2, -0.15) is 5.10 Å². The third-order valence-electron chi connectivity index (χ3n) is 1.33. The van der Waals surface area contributed by atoms with Crippen LogP contribution in [-0.2, 0) is 0 Å². The summed E-state index contributed by atoms with van der Waals surface area (Å²) in [7, 11) is 0. The normalized spacial score (nSPS) is 10.2. The van der Waals surface area contributed by atoms with E-state index in [9.17, 15) is 0 Å². The summed E-state index contributed by atoms with van der Waals surface area (Å²) in [4.78, 5) is 0. The zero-order chi connectivity index (χ0) is 7.68. The summed E-state index contributed by atoms with van der Waals surface area (Å²) >= 11 is 0. The summed E-state index contributed by atoms with van der Waals surface area (Å²) in [6.07, 6.45) is 4.94. The van der Waals surface area contributed by atoms with E-state index in [1.54, 1.807) is 23.1 Å². The molecule has 5 heteroatoms. The van der Waals surface area contributed by atoms with E-state index in [2.05, 4.69) is 14.8 Å². The minimum atomic E-state index is 0.272. The summed E-state index contributed by atoms with van der Waals surface area (Å²) in [5.74, 6) is 0.272. The van der Waals surface area contributed by atoms with E-state index < -0.39 is 0 Å². The first-order valence-electron chi connectivity index (χ1n) is 3.08. The average Bonchev–Trinajstić information content (AvgIpc) is 2.55. The van der Waals surface area contributed by atoms with Gasteiger partial charge in [-0.1, -0.05) is 5.16 Å². The molecule has 0 aromatic carbocycles. The quantitative estimate of drug-likeness (QED) is 0.640. The monoisotopic (exact) mass is 150 g/mol. The Morgan fingerprint density at radius 1 is 1.55 bits per heavy atom. The molecule has 0 aliphatic rings. The lowest BCUT2D eigenvalue weighted by molar-refractivity contribution is 0.436. The maximum atomic E-state index is 5.44. The van der Waals surface area contributed by atoms with Gasteiger partial charge in [-0.3, -0.25) is 0 Å². The van der Waals surface area contributed by atoms with Crippen molar-refractivity contribution in [1.29, 1.82) is 0 Å². The lowest BCUT2D eigenvalue weighted by Crippen LogP contribution is -1.95. The molecular formula is C6H6N4O. The largest absolute Gasteiger partial charge is 0.366 e. The number of nitrogens with zero attached hydrogens (tertiary/aromatic N) is 3. The first-order chi connectivity index (χ1) is 5.38. The van der Waals surface area contributed by atoms with E-state index >= 15 is 0 Å². The fourth-order valence-corrected chi connectivity index (χ4v) is 0.827. The van der Waals surface area contributed by atoms with E-state index in [4.69, 9.17) is 5.73 Å². The standard InChI is InChI=1S/C6H6N4O/c7-6-5(4-9-11-6)10-3-1-2-8-10/h1-4H,7H2. The van der Waals surface area contributed by atoms with E-state index in [0.717, 1.165) is 0 Å². The molecule has 56 valence electrons. The number of hydrogen-bond donors (Lipinski definition) is 1. The Kier molecular flexibility index (Phi) is 1.15. The van der Waals surface area contributed by atoms with Crippen LogP contribution in [0.15, 0.2) is 29.2 Å². The van der Waals surface area contributed by atoms with Crippen LogP contribution in [0.1, 0.15) is 0 Å². The maximum absolute atomic E-state index is 5.44. The highest BCUT2D eigenvalue weighted by Crippen LogP contribution is 2.13. The van der Waals surface area contributed by atoms with Crippen LogP contribution < -0.4 is 5.73 Å². The smallest absolute Gasteiger partial charge is 0.248 e. The number of nitrogen functional groups attached to an aromatic ring is 1. The predicted molar refractivity (Wildman–Crippen MR) is 38.0 cm³/mol. The number of rotatable bonds is 1. The summed E-state index contributed by atoms with van der Waals surface area (Å²) in [5.41, 5.74) is 6.10. The van der Waals surface area contributed by atoms with Crippen LogP contribution in [-0.4, -0.2) is 14.9 Å². The molecule has 0 spiro atoms. The fraction of sp³-hybridized carbons (Fsp3) is 0. The van der Waals surface area contributed by atoms with Crippen molar-refractivity contribution in [2.75, 3.05) is 5.73 Å². The first kappa shape index (κ1) is 5.96. The Hall–Kier alpha value is -1.78. The zero-order valence-corrected chi connectivity index (χ0v) is 5.64. The van der Waals surface area contributed by atoms with Crippen LogP contribution in [0.4, 0.5) is 5.88 Å². The van der Waals surface area contributed by atoms with Gasteiger partial charge in [-0.05, 0) is 6.07 Å². The Morgan fingerprint density at radius 2 is 2.45 bits per heavy atom. The highest BCUT2D eigenvalue weighted by molar-refractivity contribution is 5.46. The Labute approximate surface area is 62.4 Å². The van der Waals surface area contributed by atoms with Gasteiger partial charge < -0.3 is 10.3 Å². The van der Waals surface area contributed by atoms with Gasteiger partial charge in [0.25, 0.3) is 0 Å². The number of nitrogens with two attached hydrogens (primary N) is 1. The van der Waals surface area contributed by atoms with Crippen molar-refractivity contribution in [3.05, 3.63) is 24.7 Å². The van der Waals surface area contributed by atoms with Crippen LogP contribution in [0.5, 0.6) is 0 Å². The number of hydrogen-bond acceptors (Lipinski definition) is 4. The molecule has 5 nitrogen and oxygen atoms in total. The van der Waals surface area contributed by atoms with Crippen LogP contribution >= 0.6 is 0 Å². The Bertz CT molecular complexity index is 337. The number of aromatic nitrogens is 3. The lowest BCUT2D eigenvalue weighted by atomic mass is 10.5. The summed E-state index contributed by atoms with van der Waals surface area (Å²) in [5, 5.41) is 7.47. The fourth-order valence-electron chi connectivity index (χ4n) is 0.827. The van der Waals surface area contributed by atoms with Gasteiger partial charge in [-0.15, -0.1) is 0 Å². The third kappa shape index (κ3) is 0.861. The molecule has 0 saturated heterocycles. The third-order valence-corrected chi connectivity index (χ3v) is 1.33. The minimum absolute atomic E-state index is 0.272. The van der Waals surface area contributed by atoms with Gasteiger partial charge in [0.1, 0.15) is 5.69 Å². The molecule has 0 aliphatic carbocycles. The van der Waals surface area contributed by atoms with E-state index in [1.165, 1.54) is 6.20 Å². The molecule has 2 aromatic heterocycles. The van der Waals surface area contributed by atoms with Crippen molar-refractivity contribution in [1.82, 2.24) is 14.9 Å². The van der Waals surface area contributed by atoms with Gasteiger partial charge in [0.2, 0.25) is 5.88 Å². The molecule has 0 saturated carbocycles. The van der Waals surface area contributed by atoms with E-state index in [1.807, 2.05) is 0 Å². The minimum Gasteiger partial charge on any atom is -0.366 e. The van der Waals surface area contributed by atoms with Crippen LogP contribution in [0.2, 0.25) is 0 Å². The number of anilines is 1. The van der Waals surface area contributed by atoms with Crippen molar-refractivity contribution in [3.8, 4) is 5.69 Å². The average molecular weight is 150 g/mol. The molecule has 0 fully saturated rings. The van der Waals surface area contributed by atoms with Crippen molar-refractivity contribution < 1.29 is 4.52 Å². The lowest BCUT2D eigenvalue weighted by Gasteiger charge is -1.93. The molecule has 0 aliphatic heterocycles. The van der Waals surface area contributed by atoms with Crippen molar-refractivity contribution >= 4 is 5.88 Å². The second kappa shape index (κ2) is 2.12.